The van der Waals surface area contributed by atoms with Crippen LogP contribution in [0.4, 0.5) is 0 Å². The zero-order valence-electron chi connectivity index (χ0n) is 6.27. The van der Waals surface area contributed by atoms with Crippen LogP contribution in [0.25, 0.3) is 0 Å². The van der Waals surface area contributed by atoms with Crippen LogP contribution in [-0.2, 0) is 9.30 Å². The van der Waals surface area contributed by atoms with E-state index < -0.39 is 7.60 Å². The lowest BCUT2D eigenvalue weighted by atomic mass is 10.2. The van der Waals surface area contributed by atoms with Gasteiger partial charge in [0.05, 0.1) is 12.7 Å². The van der Waals surface area contributed by atoms with E-state index in [2.05, 4.69) is 0 Å². The molecule has 0 aromatic rings. The van der Waals surface area contributed by atoms with Crippen LogP contribution in [0.1, 0.15) is 19.3 Å². The van der Waals surface area contributed by atoms with Crippen LogP contribution in [0.3, 0.4) is 0 Å². The van der Waals surface area contributed by atoms with E-state index in [-0.39, 0.29) is 6.16 Å². The molecule has 1 rings (SSSR count). The van der Waals surface area contributed by atoms with Crippen molar-refractivity contribution in [3.63, 3.8) is 0 Å². The van der Waals surface area contributed by atoms with Crippen molar-refractivity contribution in [3.8, 4) is 0 Å². The van der Waals surface area contributed by atoms with Crippen LogP contribution >= 0.6 is 7.60 Å². The summed E-state index contributed by atoms with van der Waals surface area (Å²) in [6.07, 6.45) is 2.80. The van der Waals surface area contributed by atoms with Gasteiger partial charge in [0.2, 0.25) is 0 Å². The van der Waals surface area contributed by atoms with E-state index >= 15 is 0 Å². The molecule has 0 spiro atoms. The highest BCUT2D eigenvalue weighted by atomic mass is 31.2. The maximum absolute atomic E-state index is 10.4. The van der Waals surface area contributed by atoms with E-state index in [1.807, 2.05) is 0 Å². The van der Waals surface area contributed by atoms with Gasteiger partial charge in [0.15, 0.2) is 0 Å². The molecule has 0 bridgehead atoms. The minimum atomic E-state index is -3.75. The number of ether oxygens (including phenoxy) is 1. The summed E-state index contributed by atoms with van der Waals surface area (Å²) in [4.78, 5) is 17.0. The van der Waals surface area contributed by atoms with Gasteiger partial charge in [-0.15, -0.1) is 0 Å². The minimum absolute atomic E-state index is 0.0136. The molecular weight excluding hydrogens is 167 g/mol. The van der Waals surface area contributed by atoms with Gasteiger partial charge in [-0.05, 0) is 12.8 Å². The fourth-order valence-corrected chi connectivity index (χ4v) is 1.56. The van der Waals surface area contributed by atoms with Crippen LogP contribution in [0.2, 0.25) is 0 Å². The molecule has 66 valence electrons. The fraction of sp³-hybridized carbons (Fsp3) is 1.00. The third-order valence-electron chi connectivity index (χ3n) is 1.63. The molecule has 1 unspecified atom stereocenters. The van der Waals surface area contributed by atoms with E-state index in [0.29, 0.717) is 12.5 Å². The van der Waals surface area contributed by atoms with Gasteiger partial charge in [0.25, 0.3) is 0 Å². The number of epoxide rings is 1. The van der Waals surface area contributed by atoms with Crippen molar-refractivity contribution in [2.75, 3.05) is 12.8 Å². The summed E-state index contributed by atoms with van der Waals surface area (Å²) in [6.45, 7) is 0.829. The van der Waals surface area contributed by atoms with Crippen molar-refractivity contribution in [3.05, 3.63) is 0 Å². The molecule has 0 aliphatic carbocycles. The Morgan fingerprint density at radius 1 is 1.45 bits per heavy atom. The van der Waals surface area contributed by atoms with Gasteiger partial charge in [-0.25, -0.2) is 0 Å². The second-order valence-electron chi connectivity index (χ2n) is 2.84. The van der Waals surface area contributed by atoms with Gasteiger partial charge in [-0.2, -0.15) is 0 Å². The molecule has 0 radical (unpaired) electrons. The SMILES string of the molecule is O=P(O)(O)CCCCC1CO1. The lowest BCUT2D eigenvalue weighted by Crippen LogP contribution is -1.90. The second kappa shape index (κ2) is 3.68. The molecule has 4 nitrogen and oxygen atoms in total. The van der Waals surface area contributed by atoms with E-state index in [1.54, 1.807) is 0 Å². The monoisotopic (exact) mass is 180 g/mol. The maximum Gasteiger partial charge on any atom is 0.325 e. The first-order chi connectivity index (χ1) is 5.08. The molecule has 0 aromatic carbocycles. The fourth-order valence-electron chi connectivity index (χ4n) is 0.924. The summed E-state index contributed by atoms with van der Waals surface area (Å²) in [5, 5.41) is 0. The molecule has 1 aliphatic heterocycles. The molecular formula is C6H13O4P. The Labute approximate surface area is 65.7 Å². The van der Waals surface area contributed by atoms with Crippen molar-refractivity contribution in [1.82, 2.24) is 0 Å². The van der Waals surface area contributed by atoms with Crippen LogP contribution in [-0.4, -0.2) is 28.7 Å². The van der Waals surface area contributed by atoms with Gasteiger partial charge in [0.1, 0.15) is 0 Å². The van der Waals surface area contributed by atoms with Gasteiger partial charge >= 0.3 is 7.60 Å². The number of hydrogen-bond acceptors (Lipinski definition) is 2. The summed E-state index contributed by atoms with van der Waals surface area (Å²) in [6, 6.07) is 0. The Morgan fingerprint density at radius 2 is 2.09 bits per heavy atom. The van der Waals surface area contributed by atoms with Crippen molar-refractivity contribution in [2.45, 2.75) is 25.4 Å². The number of hydrogen-bond donors (Lipinski definition) is 2. The third kappa shape index (κ3) is 5.39. The topological polar surface area (TPSA) is 70.1 Å². The molecule has 0 aromatic heterocycles. The average molecular weight is 180 g/mol. The van der Waals surface area contributed by atoms with E-state index in [4.69, 9.17) is 14.5 Å². The zero-order chi connectivity index (χ0) is 8.32. The third-order valence-corrected chi connectivity index (χ3v) is 2.53. The molecule has 0 saturated carbocycles. The van der Waals surface area contributed by atoms with Crippen molar-refractivity contribution >= 4 is 7.60 Å². The van der Waals surface area contributed by atoms with Gasteiger partial charge in [-0.3, -0.25) is 4.57 Å². The van der Waals surface area contributed by atoms with E-state index in [1.165, 1.54) is 0 Å². The highest BCUT2D eigenvalue weighted by Crippen LogP contribution is 2.35. The predicted octanol–water partition coefficient (Wildman–Crippen LogP) is 0.733. The summed E-state index contributed by atoms with van der Waals surface area (Å²) < 4.78 is 15.3. The molecule has 1 saturated heterocycles. The molecule has 11 heavy (non-hydrogen) atoms. The van der Waals surface area contributed by atoms with Crippen LogP contribution in [0, 0.1) is 0 Å². The Balaban J connectivity index is 1.91. The molecule has 1 atom stereocenters. The molecule has 0 amide bonds. The van der Waals surface area contributed by atoms with E-state index in [0.717, 1.165) is 19.4 Å². The maximum atomic E-state index is 10.4. The zero-order valence-corrected chi connectivity index (χ0v) is 7.17. The van der Waals surface area contributed by atoms with Crippen molar-refractivity contribution in [1.29, 1.82) is 0 Å². The second-order valence-corrected chi connectivity index (χ2v) is 4.62. The van der Waals surface area contributed by atoms with Crippen LogP contribution in [0.15, 0.2) is 0 Å². The number of rotatable bonds is 5. The molecule has 5 heteroatoms. The quantitative estimate of drug-likeness (QED) is 0.372. The normalized spacial score (nSPS) is 23.6. The highest BCUT2D eigenvalue weighted by Gasteiger charge is 2.21. The smallest absolute Gasteiger partial charge is 0.325 e. The number of unbranched alkanes of at least 4 members (excludes halogenated alkanes) is 1. The average Bonchev–Trinajstić information content (AvgIpc) is 2.60. The summed E-state index contributed by atoms with van der Waals surface area (Å²) in [5.41, 5.74) is 0. The van der Waals surface area contributed by atoms with Crippen molar-refractivity contribution < 1.29 is 19.1 Å². The molecule has 1 fully saturated rings. The Kier molecular flexibility index (Phi) is 3.07. The largest absolute Gasteiger partial charge is 0.373 e. The van der Waals surface area contributed by atoms with Crippen LogP contribution in [0.5, 0.6) is 0 Å². The first-order valence-corrected chi connectivity index (χ1v) is 5.54. The van der Waals surface area contributed by atoms with Gasteiger partial charge < -0.3 is 14.5 Å². The Hall–Kier alpha value is 0.110. The lowest BCUT2D eigenvalue weighted by molar-refractivity contribution is 0.366. The predicted molar refractivity (Wildman–Crippen MR) is 40.5 cm³/mol. The summed E-state index contributed by atoms with van der Waals surface area (Å²) in [7, 11) is -3.75. The summed E-state index contributed by atoms with van der Waals surface area (Å²) in [5.74, 6) is 0. The van der Waals surface area contributed by atoms with E-state index in [9.17, 15) is 4.57 Å². The first-order valence-electron chi connectivity index (χ1n) is 3.74. The van der Waals surface area contributed by atoms with Crippen LogP contribution < -0.4 is 0 Å². The van der Waals surface area contributed by atoms with Crippen molar-refractivity contribution in [2.24, 2.45) is 0 Å². The Bertz CT molecular complexity index is 160. The standard InChI is InChI=1S/C6H13O4P/c7-11(8,9)4-2-1-3-6-5-10-6/h6H,1-5H2,(H2,7,8,9). The molecule has 1 aliphatic rings. The van der Waals surface area contributed by atoms with Gasteiger partial charge in [0, 0.05) is 6.16 Å². The minimum Gasteiger partial charge on any atom is -0.373 e. The summed E-state index contributed by atoms with van der Waals surface area (Å²) >= 11 is 0. The highest BCUT2D eigenvalue weighted by molar-refractivity contribution is 7.51. The first kappa shape index (κ1) is 9.20. The van der Waals surface area contributed by atoms with Gasteiger partial charge in [-0.1, -0.05) is 6.42 Å². The lowest BCUT2D eigenvalue weighted by Gasteiger charge is -2.01. The molecule has 1 heterocycles. The Morgan fingerprint density at radius 3 is 2.55 bits per heavy atom. The molecule has 2 N–H and O–H groups in total.